The molecule has 0 fully saturated rings. The summed E-state index contributed by atoms with van der Waals surface area (Å²) in [6.45, 7) is 2.20. The molecule has 0 spiro atoms. The zero-order valence-corrected chi connectivity index (χ0v) is 12.1. The largest absolute Gasteiger partial charge is 0.342 e. The minimum absolute atomic E-state index is 0.0609. The summed E-state index contributed by atoms with van der Waals surface area (Å²) in [7, 11) is -2.45. The van der Waals surface area contributed by atoms with Gasteiger partial charge >= 0.3 is 0 Å². The first kappa shape index (κ1) is 15.2. The van der Waals surface area contributed by atoms with Gasteiger partial charge in [0.1, 0.15) is 4.90 Å². The lowest BCUT2D eigenvalue weighted by Crippen LogP contribution is -2.27. The van der Waals surface area contributed by atoms with Crippen molar-refractivity contribution in [3.05, 3.63) is 27.7 Å². The lowest BCUT2D eigenvalue weighted by atomic mass is 10.2. The van der Waals surface area contributed by atoms with Crippen LogP contribution in [-0.4, -0.2) is 32.8 Å². The Kier molecular flexibility index (Phi) is 4.61. The Bertz CT molecular complexity index is 587. The van der Waals surface area contributed by atoms with E-state index in [1.54, 1.807) is 14.0 Å². The molecule has 5 nitrogen and oxygen atoms in total. The number of nitrogens with two attached hydrogens (primary N) is 1. The molecule has 1 rings (SSSR count). The maximum Gasteiger partial charge on any atom is 0.256 e. The molecule has 0 bridgehead atoms. The van der Waals surface area contributed by atoms with Gasteiger partial charge in [-0.05, 0) is 19.1 Å². The molecule has 0 unspecified atom stereocenters. The van der Waals surface area contributed by atoms with Crippen LogP contribution in [0.2, 0.25) is 10.0 Å². The van der Waals surface area contributed by atoms with Crippen molar-refractivity contribution in [3.8, 4) is 0 Å². The molecule has 100 valence electrons. The minimum Gasteiger partial charge on any atom is -0.342 e. The molecule has 0 saturated heterocycles. The van der Waals surface area contributed by atoms with Crippen LogP contribution in [0.4, 0.5) is 0 Å². The van der Waals surface area contributed by atoms with Crippen molar-refractivity contribution in [3.63, 3.8) is 0 Å². The predicted octanol–water partition coefficient (Wildman–Crippen LogP) is 1.73. The fraction of sp³-hybridized carbons (Fsp3) is 0.300. The molecule has 2 N–H and O–H groups in total. The van der Waals surface area contributed by atoms with Gasteiger partial charge in [0, 0.05) is 13.6 Å². The number of primary sulfonamides is 1. The first-order valence-corrected chi connectivity index (χ1v) is 7.26. The summed E-state index contributed by atoms with van der Waals surface area (Å²) in [5, 5.41) is 4.83. The molecule has 18 heavy (non-hydrogen) atoms. The van der Waals surface area contributed by atoms with Crippen LogP contribution in [0.15, 0.2) is 17.0 Å². The number of carbonyl (C=O) groups is 1. The van der Waals surface area contributed by atoms with Crippen LogP contribution in [0.3, 0.4) is 0 Å². The van der Waals surface area contributed by atoms with Crippen LogP contribution in [-0.2, 0) is 10.0 Å². The van der Waals surface area contributed by atoms with Crippen LogP contribution >= 0.6 is 23.2 Å². The van der Waals surface area contributed by atoms with Crippen molar-refractivity contribution in [1.29, 1.82) is 0 Å². The van der Waals surface area contributed by atoms with Crippen molar-refractivity contribution in [2.45, 2.75) is 11.8 Å². The summed E-state index contributed by atoms with van der Waals surface area (Å²) in [4.78, 5) is 13.1. The number of halogens is 2. The van der Waals surface area contributed by atoms with Crippen molar-refractivity contribution in [1.82, 2.24) is 4.90 Å². The number of carbonyl (C=O) groups excluding carboxylic acids is 1. The smallest absolute Gasteiger partial charge is 0.256 e. The topological polar surface area (TPSA) is 80.5 Å². The number of hydrogen-bond donors (Lipinski definition) is 1. The summed E-state index contributed by atoms with van der Waals surface area (Å²) in [6, 6.07) is 2.45. The van der Waals surface area contributed by atoms with E-state index in [4.69, 9.17) is 28.3 Å². The second-order valence-electron chi connectivity index (χ2n) is 3.60. The molecule has 0 radical (unpaired) electrons. The summed E-state index contributed by atoms with van der Waals surface area (Å²) in [5.74, 6) is -0.460. The number of nitrogens with zero attached hydrogens (tertiary/aromatic N) is 1. The quantitative estimate of drug-likeness (QED) is 0.923. The van der Waals surface area contributed by atoms with E-state index in [0.29, 0.717) is 6.54 Å². The monoisotopic (exact) mass is 310 g/mol. The van der Waals surface area contributed by atoms with E-state index in [9.17, 15) is 13.2 Å². The van der Waals surface area contributed by atoms with Gasteiger partial charge in [-0.2, -0.15) is 0 Å². The van der Waals surface area contributed by atoms with Crippen LogP contribution in [0.1, 0.15) is 17.3 Å². The molecule has 1 amide bonds. The normalized spacial score (nSPS) is 11.4. The van der Waals surface area contributed by atoms with Gasteiger partial charge in [-0.15, -0.1) is 0 Å². The Balaban J connectivity index is 3.50. The Morgan fingerprint density at radius 1 is 1.39 bits per heavy atom. The molecule has 8 heteroatoms. The molecule has 0 heterocycles. The Hall–Kier alpha value is -0.820. The molecule has 1 aromatic rings. The second-order valence-corrected chi connectivity index (χ2v) is 5.91. The maximum atomic E-state index is 12.0. The van der Waals surface area contributed by atoms with Gasteiger partial charge < -0.3 is 4.90 Å². The molecule has 0 atom stereocenters. The summed E-state index contributed by atoms with van der Waals surface area (Å²) >= 11 is 11.8. The average molecular weight is 311 g/mol. The van der Waals surface area contributed by atoms with E-state index in [1.807, 2.05) is 0 Å². The number of sulfonamides is 1. The van der Waals surface area contributed by atoms with Gasteiger partial charge in [0.15, 0.2) is 0 Å². The SMILES string of the molecule is CCN(C)C(=O)c1c(Cl)ccc(S(N)(=O)=O)c1Cl. The van der Waals surface area contributed by atoms with E-state index >= 15 is 0 Å². The summed E-state index contributed by atoms with van der Waals surface area (Å²) in [6.07, 6.45) is 0. The molecule has 0 saturated carbocycles. The van der Waals surface area contributed by atoms with Crippen molar-refractivity contribution in [2.24, 2.45) is 5.14 Å². The fourth-order valence-corrected chi connectivity index (χ4v) is 2.75. The number of hydrogen-bond acceptors (Lipinski definition) is 3. The second kappa shape index (κ2) is 5.44. The molecule has 0 aliphatic carbocycles. The zero-order valence-electron chi connectivity index (χ0n) is 9.78. The average Bonchev–Trinajstić information content (AvgIpc) is 2.25. The molecular formula is C10H12Cl2N2O3S. The highest BCUT2D eigenvalue weighted by molar-refractivity contribution is 7.89. The van der Waals surface area contributed by atoms with Crippen molar-refractivity contribution in [2.75, 3.05) is 13.6 Å². The van der Waals surface area contributed by atoms with E-state index in [2.05, 4.69) is 0 Å². The standard InChI is InChI=1S/C10H12Cl2N2O3S/c1-3-14(2)10(15)8-6(11)4-5-7(9(8)12)18(13,16)17/h4-5H,3H2,1-2H3,(H2,13,16,17). The van der Waals surface area contributed by atoms with Crippen LogP contribution in [0, 0.1) is 0 Å². The highest BCUT2D eigenvalue weighted by Crippen LogP contribution is 2.31. The lowest BCUT2D eigenvalue weighted by Gasteiger charge is -2.17. The van der Waals surface area contributed by atoms with Crippen LogP contribution < -0.4 is 5.14 Å². The number of rotatable bonds is 3. The molecular weight excluding hydrogens is 299 g/mol. The molecule has 1 aromatic carbocycles. The zero-order chi connectivity index (χ0) is 14.1. The fourth-order valence-electron chi connectivity index (χ4n) is 1.28. The highest BCUT2D eigenvalue weighted by Gasteiger charge is 2.24. The van der Waals surface area contributed by atoms with Crippen molar-refractivity contribution >= 4 is 39.1 Å². The first-order valence-electron chi connectivity index (χ1n) is 4.96. The van der Waals surface area contributed by atoms with Gasteiger partial charge in [-0.3, -0.25) is 4.79 Å². The maximum absolute atomic E-state index is 12.0. The van der Waals surface area contributed by atoms with Gasteiger partial charge in [-0.1, -0.05) is 23.2 Å². The van der Waals surface area contributed by atoms with E-state index < -0.39 is 15.9 Å². The predicted molar refractivity (Wildman–Crippen MR) is 70.5 cm³/mol. The van der Waals surface area contributed by atoms with Crippen molar-refractivity contribution < 1.29 is 13.2 Å². The van der Waals surface area contributed by atoms with Gasteiger partial charge in [0.25, 0.3) is 5.91 Å². The van der Waals surface area contributed by atoms with Gasteiger partial charge in [0.2, 0.25) is 10.0 Å². The molecule has 0 aromatic heterocycles. The Labute approximate surface area is 116 Å². The molecule has 0 aliphatic heterocycles. The third-order valence-corrected chi connectivity index (χ3v) is 4.17. The minimum atomic E-state index is -4.00. The third kappa shape index (κ3) is 2.95. The Morgan fingerprint density at radius 3 is 2.39 bits per heavy atom. The van der Waals surface area contributed by atoms with E-state index in [-0.39, 0.29) is 20.5 Å². The van der Waals surface area contributed by atoms with Gasteiger partial charge in [-0.25, -0.2) is 13.6 Å². The third-order valence-electron chi connectivity index (χ3n) is 2.40. The number of amides is 1. The van der Waals surface area contributed by atoms with Crippen LogP contribution in [0.5, 0.6) is 0 Å². The summed E-state index contributed by atoms with van der Waals surface area (Å²) < 4.78 is 22.6. The van der Waals surface area contributed by atoms with Gasteiger partial charge in [0.05, 0.1) is 15.6 Å². The molecule has 0 aliphatic rings. The highest BCUT2D eigenvalue weighted by atomic mass is 35.5. The first-order chi connectivity index (χ1) is 8.20. The number of benzene rings is 1. The van der Waals surface area contributed by atoms with E-state index in [0.717, 1.165) is 0 Å². The van der Waals surface area contributed by atoms with Crippen LogP contribution in [0.25, 0.3) is 0 Å². The summed E-state index contributed by atoms with van der Waals surface area (Å²) in [5.41, 5.74) is -0.0609. The Morgan fingerprint density at radius 2 is 1.94 bits per heavy atom. The lowest BCUT2D eigenvalue weighted by molar-refractivity contribution is 0.0802. The van der Waals surface area contributed by atoms with E-state index in [1.165, 1.54) is 17.0 Å².